The molecule has 6 heteroatoms. The van der Waals surface area contributed by atoms with Crippen LogP contribution in [0.15, 0.2) is 27.8 Å². The third kappa shape index (κ3) is 5.02. The zero-order chi connectivity index (χ0) is 15.8. The van der Waals surface area contributed by atoms with Crippen LogP contribution in [0, 0.1) is 0 Å². The maximum absolute atomic E-state index is 5.92. The number of benzene rings is 1. The van der Waals surface area contributed by atoms with Crippen molar-refractivity contribution < 1.29 is 9.73 Å². The van der Waals surface area contributed by atoms with Crippen LogP contribution in [0.5, 0.6) is 5.75 Å². The first-order valence-electron chi connectivity index (χ1n) is 7.78. The van der Waals surface area contributed by atoms with Gasteiger partial charge in [0.25, 0.3) is 0 Å². The molecule has 1 aromatic rings. The third-order valence-corrected chi connectivity index (χ3v) is 3.89. The molecule has 1 heterocycles. The maximum atomic E-state index is 5.92. The highest BCUT2D eigenvalue weighted by atomic mass is 79.9. The quantitative estimate of drug-likeness (QED) is 0.387. The fourth-order valence-corrected chi connectivity index (χ4v) is 2.52. The first-order valence-corrected chi connectivity index (χ1v) is 8.57. The summed E-state index contributed by atoms with van der Waals surface area (Å²) in [6, 6.07) is 6.02. The minimum Gasteiger partial charge on any atom is -0.493 e. The van der Waals surface area contributed by atoms with Crippen molar-refractivity contribution in [1.29, 1.82) is 0 Å². The molecule has 0 unspecified atom stereocenters. The minimum atomic E-state index is 0.740. The SMILES string of the molecule is CCCCCOc1ccc(Br)cc1/C(C)=N/NC1=[NH+]CCN1. The van der Waals surface area contributed by atoms with E-state index in [9.17, 15) is 0 Å². The predicted octanol–water partition coefficient (Wildman–Crippen LogP) is 1.37. The van der Waals surface area contributed by atoms with Crippen LogP contribution in [-0.4, -0.2) is 31.4 Å². The lowest BCUT2D eigenvalue weighted by Gasteiger charge is -2.11. The molecule has 0 aromatic heterocycles. The number of hydrogen-bond acceptors (Lipinski definition) is 4. The van der Waals surface area contributed by atoms with Crippen molar-refractivity contribution in [2.45, 2.75) is 33.1 Å². The Kier molecular flexibility index (Phi) is 6.71. The highest BCUT2D eigenvalue weighted by Crippen LogP contribution is 2.24. The lowest BCUT2D eigenvalue weighted by atomic mass is 10.1. The Balaban J connectivity index is 2.06. The molecule has 0 fully saturated rings. The van der Waals surface area contributed by atoms with Crippen LogP contribution in [0.3, 0.4) is 0 Å². The van der Waals surface area contributed by atoms with Crippen molar-refractivity contribution in [1.82, 2.24) is 10.7 Å². The Morgan fingerprint density at radius 2 is 2.32 bits per heavy atom. The molecule has 0 spiro atoms. The van der Waals surface area contributed by atoms with E-state index in [1.807, 2.05) is 25.1 Å². The molecule has 1 aliphatic heterocycles. The van der Waals surface area contributed by atoms with E-state index < -0.39 is 0 Å². The van der Waals surface area contributed by atoms with E-state index in [1.165, 1.54) is 12.8 Å². The molecule has 0 aliphatic carbocycles. The number of unbranched alkanes of at least 4 members (excludes halogenated alkanes) is 2. The highest BCUT2D eigenvalue weighted by Gasteiger charge is 2.12. The summed E-state index contributed by atoms with van der Waals surface area (Å²) in [5.74, 6) is 1.72. The molecule has 1 aromatic carbocycles. The Morgan fingerprint density at radius 3 is 3.05 bits per heavy atom. The summed E-state index contributed by atoms with van der Waals surface area (Å²) in [5.41, 5.74) is 4.90. The van der Waals surface area contributed by atoms with Crippen LogP contribution < -0.4 is 20.5 Å². The summed E-state index contributed by atoms with van der Waals surface area (Å²) in [6.07, 6.45) is 3.46. The molecule has 2 rings (SSSR count). The van der Waals surface area contributed by atoms with Gasteiger partial charge in [0, 0.05) is 10.0 Å². The molecule has 22 heavy (non-hydrogen) atoms. The van der Waals surface area contributed by atoms with Gasteiger partial charge < -0.3 is 4.74 Å². The fraction of sp³-hybridized carbons (Fsp3) is 0.500. The fourth-order valence-electron chi connectivity index (χ4n) is 2.16. The number of halogens is 1. The molecule has 0 radical (unpaired) electrons. The number of hydrogen-bond donors (Lipinski definition) is 3. The average molecular weight is 368 g/mol. The van der Waals surface area contributed by atoms with Gasteiger partial charge in [-0.3, -0.25) is 10.3 Å². The molecule has 0 atom stereocenters. The normalized spacial score (nSPS) is 14.5. The van der Waals surface area contributed by atoms with Crippen molar-refractivity contribution in [3.05, 3.63) is 28.2 Å². The van der Waals surface area contributed by atoms with Gasteiger partial charge in [-0.05, 0) is 31.5 Å². The molecule has 5 nitrogen and oxygen atoms in total. The van der Waals surface area contributed by atoms with Gasteiger partial charge in [0.1, 0.15) is 5.75 Å². The molecule has 0 saturated heterocycles. The molecule has 120 valence electrons. The van der Waals surface area contributed by atoms with Gasteiger partial charge in [0.2, 0.25) is 0 Å². The molecular formula is C16H24BrN4O+. The van der Waals surface area contributed by atoms with Crippen LogP contribution >= 0.6 is 15.9 Å². The summed E-state index contributed by atoms with van der Waals surface area (Å²) in [6.45, 7) is 6.74. The second-order valence-corrected chi connectivity index (χ2v) is 6.15. The van der Waals surface area contributed by atoms with Crippen LogP contribution in [0.4, 0.5) is 0 Å². The van der Waals surface area contributed by atoms with E-state index in [1.54, 1.807) is 0 Å². The van der Waals surface area contributed by atoms with Gasteiger partial charge in [0.05, 0.1) is 25.4 Å². The van der Waals surface area contributed by atoms with Crippen molar-refractivity contribution in [2.75, 3.05) is 19.7 Å². The first kappa shape index (κ1) is 16.8. The summed E-state index contributed by atoms with van der Waals surface area (Å²) >= 11 is 3.51. The van der Waals surface area contributed by atoms with Gasteiger partial charge in [-0.1, -0.05) is 35.7 Å². The number of ether oxygens (including phenoxy) is 1. The van der Waals surface area contributed by atoms with Crippen molar-refractivity contribution in [3.8, 4) is 5.75 Å². The Hall–Kier alpha value is -1.56. The Labute approximate surface area is 140 Å². The van der Waals surface area contributed by atoms with Crippen LogP contribution in [-0.2, 0) is 0 Å². The van der Waals surface area contributed by atoms with Gasteiger partial charge in [-0.15, -0.1) is 5.10 Å². The Morgan fingerprint density at radius 1 is 1.45 bits per heavy atom. The summed E-state index contributed by atoms with van der Waals surface area (Å²) < 4.78 is 6.94. The summed E-state index contributed by atoms with van der Waals surface area (Å²) in [5, 5.41) is 7.61. The zero-order valence-corrected chi connectivity index (χ0v) is 14.8. The lowest BCUT2D eigenvalue weighted by Crippen LogP contribution is -2.73. The second-order valence-electron chi connectivity index (χ2n) is 5.23. The minimum absolute atomic E-state index is 0.740. The topological polar surface area (TPSA) is 59.6 Å². The average Bonchev–Trinajstić information content (AvgIpc) is 3.03. The molecule has 1 aliphatic rings. The lowest BCUT2D eigenvalue weighted by molar-refractivity contribution is -0.446. The largest absolute Gasteiger partial charge is 0.493 e. The van der Waals surface area contributed by atoms with E-state index in [0.29, 0.717) is 0 Å². The van der Waals surface area contributed by atoms with E-state index >= 15 is 0 Å². The number of hydrazone groups is 1. The third-order valence-electron chi connectivity index (χ3n) is 3.40. The van der Waals surface area contributed by atoms with E-state index in [-0.39, 0.29) is 0 Å². The first-order chi connectivity index (χ1) is 10.7. The van der Waals surface area contributed by atoms with Gasteiger partial charge >= 0.3 is 5.96 Å². The van der Waals surface area contributed by atoms with Gasteiger partial charge in [-0.25, -0.2) is 0 Å². The number of rotatable bonds is 7. The molecule has 0 amide bonds. The number of guanidine groups is 1. The van der Waals surface area contributed by atoms with Gasteiger partial charge in [0.15, 0.2) is 0 Å². The molecule has 3 N–H and O–H groups in total. The van der Waals surface area contributed by atoms with Crippen molar-refractivity contribution >= 4 is 27.6 Å². The van der Waals surface area contributed by atoms with Crippen LogP contribution in [0.2, 0.25) is 0 Å². The van der Waals surface area contributed by atoms with Crippen LogP contribution in [0.25, 0.3) is 0 Å². The van der Waals surface area contributed by atoms with Crippen molar-refractivity contribution in [3.63, 3.8) is 0 Å². The predicted molar refractivity (Wildman–Crippen MR) is 93.3 cm³/mol. The zero-order valence-electron chi connectivity index (χ0n) is 13.2. The highest BCUT2D eigenvalue weighted by molar-refractivity contribution is 9.10. The van der Waals surface area contributed by atoms with E-state index in [4.69, 9.17) is 4.74 Å². The summed E-state index contributed by atoms with van der Waals surface area (Å²) in [7, 11) is 0. The second kappa shape index (κ2) is 8.78. The summed E-state index contributed by atoms with van der Waals surface area (Å²) in [4.78, 5) is 3.18. The van der Waals surface area contributed by atoms with E-state index in [2.05, 4.69) is 43.7 Å². The molecule has 0 saturated carbocycles. The molecular weight excluding hydrogens is 344 g/mol. The smallest absolute Gasteiger partial charge is 0.367 e. The van der Waals surface area contributed by atoms with Crippen molar-refractivity contribution in [2.24, 2.45) is 5.10 Å². The van der Waals surface area contributed by atoms with Gasteiger partial charge in [-0.2, -0.15) is 5.43 Å². The molecule has 0 bridgehead atoms. The monoisotopic (exact) mass is 367 g/mol. The maximum Gasteiger partial charge on any atom is 0.367 e. The standard InChI is InChI=1S/C16H23BrN4O/c1-3-4-5-10-22-15-7-6-13(17)11-14(15)12(2)20-21-16-18-8-9-19-16/h6-7,11H,3-5,8-10H2,1-2H3,(H2,18,19,21)/p+1/b20-12+. The Bertz CT molecular complexity index is 557. The number of nitrogens with zero attached hydrogens (tertiary/aromatic N) is 1. The number of nitrogens with one attached hydrogen (secondary N) is 3. The van der Waals surface area contributed by atoms with E-state index in [0.717, 1.165) is 53.6 Å². The van der Waals surface area contributed by atoms with Crippen LogP contribution in [0.1, 0.15) is 38.7 Å².